The summed E-state index contributed by atoms with van der Waals surface area (Å²) in [6.45, 7) is 8.36. The Labute approximate surface area is 196 Å². The lowest BCUT2D eigenvalue weighted by atomic mass is 10.1. The predicted molar refractivity (Wildman–Crippen MR) is 128 cm³/mol. The summed E-state index contributed by atoms with van der Waals surface area (Å²) in [5.74, 6) is 0.295. The van der Waals surface area contributed by atoms with E-state index in [-0.39, 0.29) is 24.1 Å². The minimum Gasteiger partial charge on any atom is -0.345 e. The molecule has 1 aromatic heterocycles. The summed E-state index contributed by atoms with van der Waals surface area (Å²) in [5.41, 5.74) is 3.33. The Hall–Kier alpha value is -3.10. The molecular formula is C23H24ClN5O2S. The molecule has 0 saturated heterocycles. The van der Waals surface area contributed by atoms with Crippen molar-refractivity contribution in [1.29, 1.82) is 0 Å². The Morgan fingerprint density at radius 3 is 2.56 bits per heavy atom. The van der Waals surface area contributed by atoms with Crippen molar-refractivity contribution in [1.82, 2.24) is 20.1 Å². The van der Waals surface area contributed by atoms with E-state index in [1.54, 1.807) is 30.3 Å². The SMILES string of the molecule is C=CCn1c(CNC(=O)c2ccccc2Cl)nnc1SCC(=O)Nc1cc(C)cc(C)c1. The fraction of sp³-hybridized carbons (Fsp3) is 0.217. The predicted octanol–water partition coefficient (Wildman–Crippen LogP) is 4.40. The molecule has 7 nitrogen and oxygen atoms in total. The van der Waals surface area contributed by atoms with Crippen LogP contribution in [0.2, 0.25) is 5.02 Å². The first-order valence-electron chi connectivity index (χ1n) is 9.94. The molecule has 0 unspecified atom stereocenters. The standard InChI is InChI=1S/C23H24ClN5O2S/c1-4-9-29-20(13-25-22(31)18-7-5-6-8-19(18)24)27-28-23(29)32-14-21(30)26-17-11-15(2)10-16(3)12-17/h4-8,10-12H,1,9,13-14H2,2-3H3,(H,25,31)(H,26,30). The molecule has 0 aliphatic rings. The van der Waals surface area contributed by atoms with Crippen LogP contribution in [0.1, 0.15) is 27.3 Å². The first-order valence-corrected chi connectivity index (χ1v) is 11.3. The minimum absolute atomic E-state index is 0.137. The molecule has 0 fully saturated rings. The van der Waals surface area contributed by atoms with Crippen LogP contribution >= 0.6 is 23.4 Å². The molecule has 166 valence electrons. The molecule has 9 heteroatoms. The lowest BCUT2D eigenvalue weighted by Crippen LogP contribution is -2.25. The molecule has 0 aliphatic heterocycles. The Kier molecular flexibility index (Phi) is 8.08. The van der Waals surface area contributed by atoms with E-state index >= 15 is 0 Å². The van der Waals surface area contributed by atoms with E-state index in [9.17, 15) is 9.59 Å². The molecule has 0 bridgehead atoms. The Morgan fingerprint density at radius 2 is 1.88 bits per heavy atom. The summed E-state index contributed by atoms with van der Waals surface area (Å²) < 4.78 is 1.81. The van der Waals surface area contributed by atoms with E-state index in [0.29, 0.717) is 28.1 Å². The van der Waals surface area contributed by atoms with Gasteiger partial charge >= 0.3 is 0 Å². The lowest BCUT2D eigenvalue weighted by molar-refractivity contribution is -0.113. The number of aryl methyl sites for hydroxylation is 2. The molecule has 3 aromatic rings. The number of nitrogens with zero attached hydrogens (tertiary/aromatic N) is 3. The second-order valence-corrected chi connectivity index (χ2v) is 8.52. The smallest absolute Gasteiger partial charge is 0.253 e. The van der Waals surface area contributed by atoms with Gasteiger partial charge in [-0.1, -0.05) is 47.6 Å². The maximum atomic E-state index is 12.4. The normalized spacial score (nSPS) is 10.6. The number of benzene rings is 2. The van der Waals surface area contributed by atoms with E-state index in [1.807, 2.05) is 36.6 Å². The van der Waals surface area contributed by atoms with E-state index in [0.717, 1.165) is 16.8 Å². The van der Waals surface area contributed by atoms with Crippen LogP contribution < -0.4 is 10.6 Å². The van der Waals surface area contributed by atoms with Gasteiger partial charge in [0.25, 0.3) is 5.91 Å². The molecule has 0 radical (unpaired) electrons. The third-order valence-electron chi connectivity index (χ3n) is 4.47. The topological polar surface area (TPSA) is 88.9 Å². The molecule has 2 amide bonds. The van der Waals surface area contributed by atoms with Crippen molar-refractivity contribution in [2.24, 2.45) is 0 Å². The van der Waals surface area contributed by atoms with E-state index in [1.165, 1.54) is 11.8 Å². The van der Waals surface area contributed by atoms with Crippen molar-refractivity contribution in [2.75, 3.05) is 11.1 Å². The molecule has 0 saturated carbocycles. The number of nitrogens with one attached hydrogen (secondary N) is 2. The van der Waals surface area contributed by atoms with Crippen molar-refractivity contribution < 1.29 is 9.59 Å². The number of hydrogen-bond donors (Lipinski definition) is 2. The fourth-order valence-electron chi connectivity index (χ4n) is 3.14. The molecular weight excluding hydrogens is 446 g/mol. The average Bonchev–Trinajstić information content (AvgIpc) is 3.12. The highest BCUT2D eigenvalue weighted by Crippen LogP contribution is 2.20. The number of aromatic nitrogens is 3. The van der Waals surface area contributed by atoms with Gasteiger partial charge in [0.15, 0.2) is 11.0 Å². The second kappa shape index (κ2) is 11.0. The summed E-state index contributed by atoms with van der Waals surface area (Å²) in [6.07, 6.45) is 1.71. The van der Waals surface area contributed by atoms with Crippen molar-refractivity contribution in [3.8, 4) is 0 Å². The summed E-state index contributed by atoms with van der Waals surface area (Å²) in [4.78, 5) is 24.8. The molecule has 0 aliphatic carbocycles. The number of allylic oxidation sites excluding steroid dienone is 1. The Morgan fingerprint density at radius 1 is 1.16 bits per heavy atom. The average molecular weight is 470 g/mol. The highest BCUT2D eigenvalue weighted by Gasteiger charge is 2.16. The van der Waals surface area contributed by atoms with Crippen molar-refractivity contribution >= 4 is 40.9 Å². The van der Waals surface area contributed by atoms with Gasteiger partial charge in [0.2, 0.25) is 5.91 Å². The third kappa shape index (κ3) is 6.21. The highest BCUT2D eigenvalue weighted by molar-refractivity contribution is 7.99. The summed E-state index contributed by atoms with van der Waals surface area (Å²) in [5, 5.41) is 15.0. The molecule has 0 spiro atoms. The van der Waals surface area contributed by atoms with Crippen LogP contribution in [-0.4, -0.2) is 32.3 Å². The van der Waals surface area contributed by atoms with Gasteiger partial charge in [0, 0.05) is 12.2 Å². The van der Waals surface area contributed by atoms with Gasteiger partial charge in [-0.15, -0.1) is 16.8 Å². The van der Waals surface area contributed by atoms with Gasteiger partial charge in [-0.25, -0.2) is 0 Å². The zero-order valence-corrected chi connectivity index (χ0v) is 19.5. The minimum atomic E-state index is -0.300. The van der Waals surface area contributed by atoms with Crippen molar-refractivity contribution in [3.05, 3.63) is 82.7 Å². The number of carbonyl (C=O) groups is 2. The zero-order valence-electron chi connectivity index (χ0n) is 17.9. The van der Waals surface area contributed by atoms with E-state index < -0.39 is 0 Å². The van der Waals surface area contributed by atoms with Gasteiger partial charge in [0.05, 0.1) is 22.9 Å². The van der Waals surface area contributed by atoms with Crippen molar-refractivity contribution in [2.45, 2.75) is 32.1 Å². The quantitative estimate of drug-likeness (QED) is 0.358. The van der Waals surface area contributed by atoms with Crippen LogP contribution in [0.5, 0.6) is 0 Å². The van der Waals surface area contributed by atoms with Crippen LogP contribution in [-0.2, 0) is 17.9 Å². The van der Waals surface area contributed by atoms with Gasteiger partial charge in [-0.2, -0.15) is 0 Å². The lowest BCUT2D eigenvalue weighted by Gasteiger charge is -2.10. The molecule has 32 heavy (non-hydrogen) atoms. The van der Waals surface area contributed by atoms with Gasteiger partial charge in [-0.05, 0) is 49.2 Å². The van der Waals surface area contributed by atoms with Gasteiger partial charge in [-0.3, -0.25) is 9.59 Å². The second-order valence-electron chi connectivity index (χ2n) is 7.17. The van der Waals surface area contributed by atoms with Crippen molar-refractivity contribution in [3.63, 3.8) is 0 Å². The van der Waals surface area contributed by atoms with Gasteiger partial charge < -0.3 is 15.2 Å². The fourth-order valence-corrected chi connectivity index (χ4v) is 4.13. The third-order valence-corrected chi connectivity index (χ3v) is 5.76. The Bertz CT molecular complexity index is 1120. The molecule has 2 N–H and O–H groups in total. The largest absolute Gasteiger partial charge is 0.345 e. The number of carbonyl (C=O) groups excluding carboxylic acids is 2. The van der Waals surface area contributed by atoms with Crippen LogP contribution in [0.3, 0.4) is 0 Å². The number of amides is 2. The van der Waals surface area contributed by atoms with Crippen LogP contribution in [0.15, 0.2) is 60.3 Å². The zero-order chi connectivity index (χ0) is 23.1. The maximum Gasteiger partial charge on any atom is 0.253 e. The number of hydrogen-bond acceptors (Lipinski definition) is 5. The first-order chi connectivity index (χ1) is 15.4. The Balaban J connectivity index is 1.62. The molecule has 2 aromatic carbocycles. The highest BCUT2D eigenvalue weighted by atomic mass is 35.5. The summed E-state index contributed by atoms with van der Waals surface area (Å²) in [7, 11) is 0. The monoisotopic (exact) mass is 469 g/mol. The summed E-state index contributed by atoms with van der Waals surface area (Å²) in [6, 6.07) is 12.7. The number of thioether (sulfide) groups is 1. The van der Waals surface area contributed by atoms with Crippen LogP contribution in [0.25, 0.3) is 0 Å². The molecule has 0 atom stereocenters. The number of halogens is 1. The molecule has 1 heterocycles. The van der Waals surface area contributed by atoms with Crippen LogP contribution in [0, 0.1) is 13.8 Å². The number of anilines is 1. The maximum absolute atomic E-state index is 12.4. The van der Waals surface area contributed by atoms with Crippen LogP contribution in [0.4, 0.5) is 5.69 Å². The molecule has 3 rings (SSSR count). The first kappa shape index (κ1) is 23.6. The summed E-state index contributed by atoms with van der Waals surface area (Å²) >= 11 is 7.36. The van der Waals surface area contributed by atoms with E-state index in [4.69, 9.17) is 11.6 Å². The van der Waals surface area contributed by atoms with Gasteiger partial charge in [0.1, 0.15) is 0 Å². The van der Waals surface area contributed by atoms with E-state index in [2.05, 4.69) is 27.4 Å². The number of rotatable bonds is 9.